The third-order valence-corrected chi connectivity index (χ3v) is 6.93. The van der Waals surface area contributed by atoms with Crippen molar-refractivity contribution < 1.29 is 23.1 Å². The van der Waals surface area contributed by atoms with Crippen LogP contribution in [0, 0.1) is 0 Å². The number of piperazine rings is 1. The second-order valence-electron chi connectivity index (χ2n) is 6.74. The van der Waals surface area contributed by atoms with E-state index >= 15 is 0 Å². The van der Waals surface area contributed by atoms with Crippen LogP contribution < -0.4 is 4.74 Å². The Morgan fingerprint density at radius 2 is 1.76 bits per heavy atom. The molecule has 0 radical (unpaired) electrons. The Kier molecular flexibility index (Phi) is 7.13. The molecule has 0 atom stereocenters. The number of nitrogens with zero attached hydrogens (tertiary/aromatic N) is 2. The van der Waals surface area contributed by atoms with Gasteiger partial charge in [0, 0.05) is 37.7 Å². The summed E-state index contributed by atoms with van der Waals surface area (Å²) in [7, 11) is -3.47. The number of ether oxygens (including phenoxy) is 1. The van der Waals surface area contributed by atoms with Gasteiger partial charge in [-0.25, -0.2) is 13.2 Å². The van der Waals surface area contributed by atoms with Crippen molar-refractivity contribution >= 4 is 27.6 Å². The quantitative estimate of drug-likeness (QED) is 0.680. The molecule has 1 heterocycles. The van der Waals surface area contributed by atoms with E-state index in [0.29, 0.717) is 54.8 Å². The van der Waals surface area contributed by atoms with E-state index in [1.165, 1.54) is 4.31 Å². The van der Waals surface area contributed by atoms with Crippen LogP contribution in [0.2, 0.25) is 5.02 Å². The van der Waals surface area contributed by atoms with Crippen LogP contribution in [0.1, 0.15) is 5.56 Å². The first kappa shape index (κ1) is 21.6. The summed E-state index contributed by atoms with van der Waals surface area (Å²) in [5.41, 5.74) is 0.832. The lowest BCUT2D eigenvalue weighted by molar-refractivity contribution is -0.139. The van der Waals surface area contributed by atoms with Crippen molar-refractivity contribution in [2.75, 3.05) is 39.3 Å². The van der Waals surface area contributed by atoms with E-state index in [1.807, 2.05) is 0 Å². The van der Waals surface area contributed by atoms with Crippen LogP contribution in [0.3, 0.4) is 0 Å². The van der Waals surface area contributed by atoms with Gasteiger partial charge in [0.2, 0.25) is 10.0 Å². The van der Waals surface area contributed by atoms with Crippen LogP contribution in [0.15, 0.2) is 53.4 Å². The molecule has 0 spiro atoms. The summed E-state index contributed by atoms with van der Waals surface area (Å²) in [6.45, 7) is 2.38. The Morgan fingerprint density at radius 1 is 1.07 bits per heavy atom. The molecule has 1 N–H and O–H groups in total. The number of halogens is 1. The predicted molar refractivity (Wildman–Crippen MR) is 110 cm³/mol. The molecule has 156 valence electrons. The molecule has 1 fully saturated rings. The van der Waals surface area contributed by atoms with Crippen LogP contribution in [0.25, 0.3) is 0 Å². The van der Waals surface area contributed by atoms with Gasteiger partial charge in [0.05, 0.1) is 4.90 Å². The lowest BCUT2D eigenvalue weighted by atomic mass is 10.1. The summed E-state index contributed by atoms with van der Waals surface area (Å²) in [5, 5.41) is 9.37. The molecule has 0 saturated carbocycles. The molecule has 0 bridgehead atoms. The van der Waals surface area contributed by atoms with Crippen molar-refractivity contribution in [1.29, 1.82) is 0 Å². The zero-order valence-corrected chi connectivity index (χ0v) is 17.4. The minimum atomic E-state index is -3.47. The van der Waals surface area contributed by atoms with Crippen molar-refractivity contribution in [1.82, 2.24) is 9.21 Å². The van der Waals surface area contributed by atoms with Gasteiger partial charge < -0.3 is 14.7 Å². The number of carboxylic acid groups (broad SMARTS) is 1. The molecule has 29 heavy (non-hydrogen) atoms. The molecule has 7 nitrogen and oxygen atoms in total. The first-order chi connectivity index (χ1) is 13.9. The van der Waals surface area contributed by atoms with Crippen molar-refractivity contribution in [3.8, 4) is 5.75 Å². The van der Waals surface area contributed by atoms with Crippen LogP contribution in [-0.4, -0.2) is 68.0 Å². The summed E-state index contributed by atoms with van der Waals surface area (Å²) >= 11 is 6.07. The minimum Gasteiger partial charge on any atom is -0.482 e. The highest BCUT2D eigenvalue weighted by Gasteiger charge is 2.28. The van der Waals surface area contributed by atoms with Crippen molar-refractivity contribution in [2.24, 2.45) is 0 Å². The minimum absolute atomic E-state index is 0.313. The topological polar surface area (TPSA) is 87.2 Å². The standard InChI is InChI=1S/C20H23ClN2O5S/c21-17-6-7-19(28-15-20(24)25)16(14-17)8-9-22-10-12-23(13-11-22)29(26,27)18-4-2-1-3-5-18/h1-7,14H,8-13,15H2,(H,24,25). The Balaban J connectivity index is 1.57. The van der Waals surface area contributed by atoms with Gasteiger partial charge in [-0.3, -0.25) is 0 Å². The van der Waals surface area contributed by atoms with Gasteiger partial charge in [0.25, 0.3) is 0 Å². The largest absolute Gasteiger partial charge is 0.482 e. The average molecular weight is 439 g/mol. The van der Waals surface area contributed by atoms with Crippen molar-refractivity contribution in [3.63, 3.8) is 0 Å². The van der Waals surface area contributed by atoms with Crippen LogP contribution in [0.5, 0.6) is 5.75 Å². The van der Waals surface area contributed by atoms with E-state index in [2.05, 4.69) is 4.90 Å². The number of hydrogen-bond acceptors (Lipinski definition) is 5. The second-order valence-corrected chi connectivity index (χ2v) is 9.12. The lowest BCUT2D eigenvalue weighted by Crippen LogP contribution is -2.49. The fraction of sp³-hybridized carbons (Fsp3) is 0.350. The van der Waals surface area contributed by atoms with E-state index in [1.54, 1.807) is 48.5 Å². The van der Waals surface area contributed by atoms with Gasteiger partial charge in [-0.05, 0) is 42.3 Å². The highest BCUT2D eigenvalue weighted by atomic mass is 35.5. The number of carboxylic acids is 1. The first-order valence-corrected chi connectivity index (χ1v) is 11.1. The third kappa shape index (κ3) is 5.70. The highest BCUT2D eigenvalue weighted by Crippen LogP contribution is 2.24. The summed E-state index contributed by atoms with van der Waals surface area (Å²) in [4.78, 5) is 13.2. The molecule has 0 aromatic heterocycles. The SMILES string of the molecule is O=C(O)COc1ccc(Cl)cc1CCN1CCN(S(=O)(=O)c2ccccc2)CC1. The van der Waals surface area contributed by atoms with Gasteiger partial charge in [0.15, 0.2) is 6.61 Å². The third-order valence-electron chi connectivity index (χ3n) is 4.78. The van der Waals surface area contributed by atoms with E-state index in [0.717, 1.165) is 5.56 Å². The zero-order chi connectivity index (χ0) is 20.9. The molecular weight excluding hydrogens is 416 g/mol. The maximum atomic E-state index is 12.7. The molecule has 1 aliphatic heterocycles. The van der Waals surface area contributed by atoms with Gasteiger partial charge in [-0.15, -0.1) is 0 Å². The van der Waals surface area contributed by atoms with Crippen molar-refractivity contribution in [3.05, 3.63) is 59.1 Å². The number of sulfonamides is 1. The molecule has 2 aromatic carbocycles. The number of carbonyl (C=O) groups is 1. The summed E-state index contributed by atoms with van der Waals surface area (Å²) < 4.78 is 32.3. The van der Waals surface area contributed by atoms with Gasteiger partial charge >= 0.3 is 5.97 Å². The Bertz CT molecular complexity index is 945. The zero-order valence-electron chi connectivity index (χ0n) is 15.8. The maximum Gasteiger partial charge on any atom is 0.341 e. The number of aliphatic carboxylic acids is 1. The molecule has 0 aliphatic carbocycles. The van der Waals surface area contributed by atoms with E-state index in [-0.39, 0.29) is 0 Å². The number of hydrogen-bond donors (Lipinski definition) is 1. The normalized spacial score (nSPS) is 15.9. The summed E-state index contributed by atoms with van der Waals surface area (Å²) in [5.74, 6) is -0.538. The van der Waals surface area contributed by atoms with Gasteiger partial charge in [-0.2, -0.15) is 4.31 Å². The van der Waals surface area contributed by atoms with Gasteiger partial charge in [0.1, 0.15) is 5.75 Å². The Labute approximate surface area is 175 Å². The lowest BCUT2D eigenvalue weighted by Gasteiger charge is -2.34. The smallest absolute Gasteiger partial charge is 0.341 e. The molecule has 2 aromatic rings. The van der Waals surface area contributed by atoms with Crippen LogP contribution >= 0.6 is 11.6 Å². The average Bonchev–Trinajstić information content (AvgIpc) is 2.72. The molecule has 9 heteroatoms. The van der Waals surface area contributed by atoms with E-state index in [4.69, 9.17) is 21.4 Å². The monoisotopic (exact) mass is 438 g/mol. The molecule has 1 aliphatic rings. The molecule has 1 saturated heterocycles. The van der Waals surface area contributed by atoms with E-state index < -0.39 is 22.6 Å². The fourth-order valence-corrected chi connectivity index (χ4v) is 4.88. The predicted octanol–water partition coefficient (Wildman–Crippen LogP) is 2.35. The van der Waals surface area contributed by atoms with Crippen molar-refractivity contribution in [2.45, 2.75) is 11.3 Å². The Morgan fingerprint density at radius 3 is 2.41 bits per heavy atom. The van der Waals surface area contributed by atoms with E-state index in [9.17, 15) is 13.2 Å². The molecular formula is C20H23ClN2O5S. The molecule has 0 unspecified atom stereocenters. The highest BCUT2D eigenvalue weighted by molar-refractivity contribution is 7.89. The number of benzene rings is 2. The molecule has 0 amide bonds. The second kappa shape index (κ2) is 9.58. The van der Waals surface area contributed by atoms with Gasteiger partial charge in [-0.1, -0.05) is 29.8 Å². The molecule has 3 rings (SSSR count). The maximum absolute atomic E-state index is 12.7. The van der Waals surface area contributed by atoms with Crippen LogP contribution in [0.4, 0.5) is 0 Å². The summed E-state index contributed by atoms with van der Waals surface area (Å²) in [6, 6.07) is 13.6. The number of rotatable bonds is 8. The fourth-order valence-electron chi connectivity index (χ4n) is 3.24. The summed E-state index contributed by atoms with van der Waals surface area (Å²) in [6.07, 6.45) is 0.626. The first-order valence-electron chi connectivity index (χ1n) is 9.27. The van der Waals surface area contributed by atoms with Crippen LogP contribution in [-0.2, 0) is 21.2 Å². The Hall–Kier alpha value is -2.13.